The molecule has 1 amide bonds. The van der Waals surface area contributed by atoms with Crippen LogP contribution in [0.15, 0.2) is 60.8 Å². The third-order valence-corrected chi connectivity index (χ3v) is 6.85. The van der Waals surface area contributed by atoms with Gasteiger partial charge in [0.15, 0.2) is 17.5 Å². The van der Waals surface area contributed by atoms with Crippen LogP contribution in [0.5, 0.6) is 11.5 Å². The van der Waals surface area contributed by atoms with Crippen molar-refractivity contribution < 1.29 is 52.3 Å². The molecule has 0 aliphatic heterocycles. The number of hydrogen-bond acceptors (Lipinski definition) is 8. The number of aromatic nitrogens is 1. The van der Waals surface area contributed by atoms with E-state index in [4.69, 9.17) is 18.9 Å². The van der Waals surface area contributed by atoms with Gasteiger partial charge in [0.25, 0.3) is 5.91 Å². The van der Waals surface area contributed by atoms with E-state index in [0.717, 1.165) is 30.2 Å². The van der Waals surface area contributed by atoms with E-state index in [1.165, 1.54) is 50.7 Å². The summed E-state index contributed by atoms with van der Waals surface area (Å²) in [6, 6.07) is 11.6. The van der Waals surface area contributed by atoms with Gasteiger partial charge >= 0.3 is 18.1 Å². The molecule has 3 aromatic rings. The molecule has 1 N–H and O–H groups in total. The Morgan fingerprint density at radius 3 is 2.15 bits per heavy atom. The van der Waals surface area contributed by atoms with Crippen molar-refractivity contribution >= 4 is 17.8 Å². The molecule has 0 aliphatic carbocycles. The van der Waals surface area contributed by atoms with Crippen LogP contribution in [0.1, 0.15) is 62.2 Å². The molecule has 0 radical (unpaired) electrons. The molecule has 0 unspecified atom stereocenters. The quantitative estimate of drug-likeness (QED) is 0.158. The summed E-state index contributed by atoms with van der Waals surface area (Å²) in [7, 11) is 2.68. The Hall–Kier alpha value is -4.52. The molecule has 3 rings (SSSR count). The SMILES string of the molecule is CC[C@H](Cc1ccc(C(F)(F)F)cc1)C[C@H](C)OC(=O)[C@H](COC)NC(=O)c1nccc(OC)c1OC(C)=O.Cc1ccc(F)cc1.[HH]. The molecular weight excluding hydrogens is 624 g/mol. The van der Waals surface area contributed by atoms with Crippen LogP contribution < -0.4 is 14.8 Å². The molecule has 9 nitrogen and oxygen atoms in total. The number of esters is 2. The Labute approximate surface area is 273 Å². The highest BCUT2D eigenvalue weighted by Crippen LogP contribution is 2.31. The summed E-state index contributed by atoms with van der Waals surface area (Å²) < 4.78 is 71.4. The zero-order chi connectivity index (χ0) is 35.1. The van der Waals surface area contributed by atoms with Crippen molar-refractivity contribution in [1.82, 2.24) is 10.3 Å². The lowest BCUT2D eigenvalue weighted by Crippen LogP contribution is -2.46. The van der Waals surface area contributed by atoms with Crippen LogP contribution in [0.25, 0.3) is 0 Å². The highest BCUT2D eigenvalue weighted by Gasteiger charge is 2.31. The molecule has 13 heteroatoms. The normalized spacial score (nSPS) is 12.9. The topological polar surface area (TPSA) is 113 Å². The van der Waals surface area contributed by atoms with Gasteiger partial charge in [0, 0.05) is 27.7 Å². The summed E-state index contributed by atoms with van der Waals surface area (Å²) in [4.78, 5) is 41.3. The molecule has 258 valence electrons. The molecule has 47 heavy (non-hydrogen) atoms. The smallest absolute Gasteiger partial charge is 0.416 e. The molecule has 1 aromatic heterocycles. The average molecular weight is 667 g/mol. The number of alkyl halides is 3. The van der Waals surface area contributed by atoms with Crippen molar-refractivity contribution in [2.75, 3.05) is 20.8 Å². The minimum Gasteiger partial charge on any atom is -0.493 e. The van der Waals surface area contributed by atoms with Crippen molar-refractivity contribution in [3.63, 3.8) is 0 Å². The fourth-order valence-corrected chi connectivity index (χ4v) is 4.45. The number of methoxy groups -OCH3 is 2. The van der Waals surface area contributed by atoms with Crippen LogP contribution in [0.4, 0.5) is 17.6 Å². The summed E-state index contributed by atoms with van der Waals surface area (Å²) in [6.45, 7) is 6.52. The van der Waals surface area contributed by atoms with Crippen LogP contribution >= 0.6 is 0 Å². The predicted octanol–water partition coefficient (Wildman–Crippen LogP) is 6.75. The van der Waals surface area contributed by atoms with E-state index in [9.17, 15) is 31.9 Å². The fraction of sp³-hybridized carbons (Fsp3) is 0.412. The second kappa shape index (κ2) is 18.6. The number of halogens is 4. The molecule has 0 fully saturated rings. The van der Waals surface area contributed by atoms with Gasteiger partial charge in [0.05, 0.1) is 25.4 Å². The zero-order valence-corrected chi connectivity index (χ0v) is 27.2. The Bertz CT molecular complexity index is 1430. The van der Waals surface area contributed by atoms with Crippen molar-refractivity contribution in [1.29, 1.82) is 0 Å². The summed E-state index contributed by atoms with van der Waals surface area (Å²) in [5, 5.41) is 2.49. The highest BCUT2D eigenvalue weighted by atomic mass is 19.4. The lowest BCUT2D eigenvalue weighted by molar-refractivity contribution is -0.152. The molecule has 0 saturated heterocycles. The van der Waals surface area contributed by atoms with E-state index < -0.39 is 41.7 Å². The first-order chi connectivity index (χ1) is 22.2. The first kappa shape index (κ1) is 38.7. The molecule has 0 spiro atoms. The Kier molecular flexibility index (Phi) is 15.3. The van der Waals surface area contributed by atoms with Gasteiger partial charge in [-0.1, -0.05) is 43.2 Å². The van der Waals surface area contributed by atoms with Crippen molar-refractivity contribution in [3.05, 3.63) is 89.0 Å². The summed E-state index contributed by atoms with van der Waals surface area (Å²) in [6.07, 6.45) is -2.00. The van der Waals surface area contributed by atoms with Crippen molar-refractivity contribution in [3.8, 4) is 11.5 Å². The number of rotatable bonds is 13. The van der Waals surface area contributed by atoms with E-state index in [1.54, 1.807) is 19.1 Å². The number of carbonyl (C=O) groups excluding carboxylic acids is 3. The lowest BCUT2D eigenvalue weighted by Gasteiger charge is -2.23. The largest absolute Gasteiger partial charge is 0.493 e. The third-order valence-electron chi connectivity index (χ3n) is 6.85. The molecule has 0 saturated carbocycles. The second-order valence-corrected chi connectivity index (χ2v) is 10.7. The number of amides is 1. The second-order valence-electron chi connectivity index (χ2n) is 10.7. The molecule has 0 bridgehead atoms. The number of carbonyl (C=O) groups is 3. The van der Waals surface area contributed by atoms with Crippen LogP contribution in [0, 0.1) is 18.7 Å². The van der Waals surface area contributed by atoms with Crippen molar-refractivity contribution in [2.45, 2.75) is 65.3 Å². The van der Waals surface area contributed by atoms with Gasteiger partial charge in [-0.25, -0.2) is 14.2 Å². The first-order valence-corrected chi connectivity index (χ1v) is 14.8. The maximum absolute atomic E-state index is 12.9. The van der Waals surface area contributed by atoms with Gasteiger partial charge in [-0.15, -0.1) is 0 Å². The Morgan fingerprint density at radius 1 is 1.00 bits per heavy atom. The highest BCUT2D eigenvalue weighted by molar-refractivity contribution is 5.98. The summed E-state index contributed by atoms with van der Waals surface area (Å²) in [5.74, 6) is -2.49. The number of ether oxygens (including phenoxy) is 4. The number of nitrogens with one attached hydrogen (secondary N) is 1. The average Bonchev–Trinajstić information content (AvgIpc) is 3.01. The minimum atomic E-state index is -4.40. The van der Waals surface area contributed by atoms with E-state index in [2.05, 4.69) is 10.3 Å². The number of benzene rings is 2. The number of hydrogen-bond donors (Lipinski definition) is 1. The van der Waals surface area contributed by atoms with Crippen LogP contribution in [-0.4, -0.2) is 55.8 Å². The molecule has 3 atom stereocenters. The fourth-order valence-electron chi connectivity index (χ4n) is 4.45. The van der Waals surface area contributed by atoms with Gasteiger partial charge < -0.3 is 24.3 Å². The Balaban J connectivity index is 0.00000111. The number of aryl methyl sites for hydroxylation is 1. The Morgan fingerprint density at radius 2 is 1.64 bits per heavy atom. The zero-order valence-electron chi connectivity index (χ0n) is 27.2. The van der Waals surface area contributed by atoms with Gasteiger partial charge in [-0.3, -0.25) is 9.59 Å². The first-order valence-electron chi connectivity index (χ1n) is 14.8. The minimum absolute atomic E-state index is 0. The molecular formula is C34H42F4N2O7. The van der Waals surface area contributed by atoms with E-state index in [0.29, 0.717) is 19.3 Å². The van der Waals surface area contributed by atoms with Crippen LogP contribution in [0.3, 0.4) is 0 Å². The van der Waals surface area contributed by atoms with Crippen LogP contribution in [-0.2, 0) is 31.7 Å². The lowest BCUT2D eigenvalue weighted by atomic mass is 9.91. The molecule has 1 heterocycles. The predicted molar refractivity (Wildman–Crippen MR) is 168 cm³/mol. The summed E-state index contributed by atoms with van der Waals surface area (Å²) in [5.41, 5.74) is 0.852. The maximum Gasteiger partial charge on any atom is 0.416 e. The summed E-state index contributed by atoms with van der Waals surface area (Å²) >= 11 is 0. The maximum atomic E-state index is 12.9. The third kappa shape index (κ3) is 13.0. The van der Waals surface area contributed by atoms with E-state index in [-0.39, 0.29) is 37.0 Å². The molecule has 0 aliphatic rings. The van der Waals surface area contributed by atoms with E-state index in [1.807, 2.05) is 13.8 Å². The monoisotopic (exact) mass is 666 g/mol. The number of nitrogens with zero attached hydrogens (tertiary/aromatic N) is 1. The van der Waals surface area contributed by atoms with Gasteiger partial charge in [-0.2, -0.15) is 13.2 Å². The van der Waals surface area contributed by atoms with Crippen LogP contribution in [0.2, 0.25) is 0 Å². The van der Waals surface area contributed by atoms with E-state index >= 15 is 0 Å². The van der Waals surface area contributed by atoms with Gasteiger partial charge in [0.2, 0.25) is 5.75 Å². The number of pyridine rings is 1. The van der Waals surface area contributed by atoms with Gasteiger partial charge in [-0.05, 0) is 62.4 Å². The van der Waals surface area contributed by atoms with Crippen molar-refractivity contribution in [2.24, 2.45) is 5.92 Å². The molecule has 2 aromatic carbocycles. The standard InChI is InChI=1S/C27H33F3N2O7.C7H7F.H2/c1-6-18(14-19-7-9-20(10-8-19)27(28,29)30)13-16(2)38-26(35)21(15-36-4)32-25(34)23-24(39-17(3)33)22(37-5)11-12-31-23;1-6-2-4-7(8)5-3-6;/h7-12,16,18,21H,6,13-15H2,1-5H3,(H,32,34);2-5H,1H3;1H/t16-,18-,21-;;/m0../s1. The van der Waals surface area contributed by atoms with Gasteiger partial charge in [0.1, 0.15) is 5.82 Å².